The topological polar surface area (TPSA) is 50.8 Å². The molecule has 1 aliphatic heterocycles. The number of carbonyl (C=O) groups excluding carboxylic acids is 1. The summed E-state index contributed by atoms with van der Waals surface area (Å²) in [5.74, 6) is 1.09. The maximum absolute atomic E-state index is 12.4. The molecule has 1 aromatic carbocycles. The van der Waals surface area contributed by atoms with Gasteiger partial charge in [-0.1, -0.05) is 19.6 Å². The molecule has 1 heterocycles. The molecule has 0 aromatic heterocycles. The first-order valence-corrected chi connectivity index (χ1v) is 9.26. The molecule has 1 amide bonds. The van der Waals surface area contributed by atoms with Gasteiger partial charge < -0.3 is 14.8 Å². The maximum atomic E-state index is 12.4. The standard InChI is InChI=1S/C18H21BrN2O3S/c1-4-7-21-17(22)14(20-18(21)25)10-12-9-13(19)16(24-8-5-2)15(11-12)23-6-3/h5,9-11H,2,4,6-8H2,1,3H3,(H,20,25)/b14-10-. The van der Waals surface area contributed by atoms with Crippen LogP contribution in [0.4, 0.5) is 0 Å². The molecule has 7 heteroatoms. The van der Waals surface area contributed by atoms with E-state index in [0.717, 1.165) is 16.5 Å². The molecule has 134 valence electrons. The number of benzene rings is 1. The molecule has 1 N–H and O–H groups in total. The number of amides is 1. The summed E-state index contributed by atoms with van der Waals surface area (Å²) >= 11 is 8.73. The van der Waals surface area contributed by atoms with Crippen LogP contribution in [-0.4, -0.2) is 35.7 Å². The lowest BCUT2D eigenvalue weighted by Crippen LogP contribution is -2.31. The van der Waals surface area contributed by atoms with Gasteiger partial charge in [-0.3, -0.25) is 9.69 Å². The van der Waals surface area contributed by atoms with Gasteiger partial charge in [0, 0.05) is 6.54 Å². The van der Waals surface area contributed by atoms with E-state index < -0.39 is 0 Å². The van der Waals surface area contributed by atoms with Crippen molar-refractivity contribution in [2.75, 3.05) is 19.8 Å². The van der Waals surface area contributed by atoms with Gasteiger partial charge in [0.05, 0.1) is 11.1 Å². The van der Waals surface area contributed by atoms with Gasteiger partial charge in [0.1, 0.15) is 12.3 Å². The summed E-state index contributed by atoms with van der Waals surface area (Å²) in [5, 5.41) is 3.41. The molecule has 25 heavy (non-hydrogen) atoms. The van der Waals surface area contributed by atoms with E-state index in [1.54, 1.807) is 17.1 Å². The Morgan fingerprint density at radius 1 is 1.36 bits per heavy atom. The highest BCUT2D eigenvalue weighted by Crippen LogP contribution is 2.37. The molecule has 1 fully saturated rings. The molecule has 0 saturated carbocycles. The van der Waals surface area contributed by atoms with Crippen LogP contribution in [0, 0.1) is 0 Å². The summed E-state index contributed by atoms with van der Waals surface area (Å²) in [7, 11) is 0. The number of thiocarbonyl (C=S) groups is 1. The molecular weight excluding hydrogens is 404 g/mol. The Bertz CT molecular complexity index is 719. The molecule has 2 rings (SSSR count). The SMILES string of the molecule is C=CCOc1c(Br)cc(/C=C2\NC(=S)N(CCC)C2=O)cc1OCC. The minimum Gasteiger partial charge on any atom is -0.490 e. The van der Waals surface area contributed by atoms with E-state index in [1.165, 1.54) is 0 Å². The van der Waals surface area contributed by atoms with E-state index in [1.807, 2.05) is 26.0 Å². The summed E-state index contributed by atoms with van der Waals surface area (Å²) in [6.45, 7) is 9.04. The van der Waals surface area contributed by atoms with Crippen LogP contribution in [0.2, 0.25) is 0 Å². The zero-order valence-electron chi connectivity index (χ0n) is 14.3. The zero-order chi connectivity index (χ0) is 18.4. The predicted molar refractivity (Wildman–Crippen MR) is 107 cm³/mol. The number of hydrogen-bond donors (Lipinski definition) is 1. The molecule has 0 aliphatic carbocycles. The van der Waals surface area contributed by atoms with Crippen molar-refractivity contribution in [3.63, 3.8) is 0 Å². The molecule has 0 spiro atoms. The van der Waals surface area contributed by atoms with E-state index in [9.17, 15) is 4.79 Å². The molecule has 1 aromatic rings. The van der Waals surface area contributed by atoms with Gasteiger partial charge in [-0.25, -0.2) is 0 Å². The van der Waals surface area contributed by atoms with Crippen LogP contribution >= 0.6 is 28.1 Å². The molecule has 0 radical (unpaired) electrons. The van der Waals surface area contributed by atoms with Gasteiger partial charge in [-0.05, 0) is 65.3 Å². The molecule has 0 unspecified atom stereocenters. The number of carbonyl (C=O) groups is 1. The summed E-state index contributed by atoms with van der Waals surface area (Å²) in [4.78, 5) is 14.0. The summed E-state index contributed by atoms with van der Waals surface area (Å²) in [6, 6.07) is 3.70. The Hall–Kier alpha value is -1.86. The Morgan fingerprint density at radius 3 is 2.76 bits per heavy atom. The minimum absolute atomic E-state index is 0.118. The van der Waals surface area contributed by atoms with Gasteiger partial charge in [-0.15, -0.1) is 0 Å². The van der Waals surface area contributed by atoms with Crippen molar-refractivity contribution >= 4 is 45.2 Å². The van der Waals surface area contributed by atoms with Crippen molar-refractivity contribution in [2.24, 2.45) is 0 Å². The third-order valence-electron chi connectivity index (χ3n) is 3.40. The van der Waals surface area contributed by atoms with Gasteiger partial charge in [0.15, 0.2) is 16.6 Å². The normalized spacial score (nSPS) is 15.5. The first-order chi connectivity index (χ1) is 12.0. The average Bonchev–Trinajstić information content (AvgIpc) is 2.82. The van der Waals surface area contributed by atoms with Gasteiger partial charge in [0.25, 0.3) is 5.91 Å². The highest BCUT2D eigenvalue weighted by molar-refractivity contribution is 9.10. The second-order valence-electron chi connectivity index (χ2n) is 5.31. The largest absolute Gasteiger partial charge is 0.490 e. The second kappa shape index (κ2) is 9.01. The third kappa shape index (κ3) is 4.61. The highest BCUT2D eigenvalue weighted by Gasteiger charge is 2.29. The van der Waals surface area contributed by atoms with Crippen LogP contribution in [0.25, 0.3) is 6.08 Å². The van der Waals surface area contributed by atoms with Crippen LogP contribution in [0.1, 0.15) is 25.8 Å². The Kier molecular flexibility index (Phi) is 7.01. The van der Waals surface area contributed by atoms with Crippen molar-refractivity contribution in [3.05, 3.63) is 40.5 Å². The first-order valence-electron chi connectivity index (χ1n) is 8.06. The third-order valence-corrected chi connectivity index (χ3v) is 4.31. The number of hydrogen-bond acceptors (Lipinski definition) is 4. The van der Waals surface area contributed by atoms with E-state index >= 15 is 0 Å². The minimum atomic E-state index is -0.118. The lowest BCUT2D eigenvalue weighted by Gasteiger charge is -2.14. The van der Waals surface area contributed by atoms with Crippen LogP contribution in [-0.2, 0) is 4.79 Å². The van der Waals surface area contributed by atoms with E-state index in [4.69, 9.17) is 21.7 Å². The maximum Gasteiger partial charge on any atom is 0.276 e. The van der Waals surface area contributed by atoms with Gasteiger partial charge >= 0.3 is 0 Å². The van der Waals surface area contributed by atoms with Gasteiger partial charge in [-0.2, -0.15) is 0 Å². The average molecular weight is 425 g/mol. The summed E-state index contributed by atoms with van der Waals surface area (Å²) < 4.78 is 12.1. The van der Waals surface area contributed by atoms with Crippen LogP contribution in [0.15, 0.2) is 35.0 Å². The lowest BCUT2D eigenvalue weighted by atomic mass is 10.1. The zero-order valence-corrected chi connectivity index (χ0v) is 16.7. The lowest BCUT2D eigenvalue weighted by molar-refractivity contribution is -0.122. The van der Waals surface area contributed by atoms with Crippen molar-refractivity contribution in [2.45, 2.75) is 20.3 Å². The Morgan fingerprint density at radius 2 is 2.12 bits per heavy atom. The number of ether oxygens (including phenoxy) is 2. The first kappa shape index (κ1) is 19.5. The molecule has 1 saturated heterocycles. The number of nitrogens with zero attached hydrogens (tertiary/aromatic N) is 1. The van der Waals surface area contributed by atoms with Gasteiger partial charge in [0.2, 0.25) is 0 Å². The quantitative estimate of drug-likeness (QED) is 0.389. The monoisotopic (exact) mass is 424 g/mol. The predicted octanol–water partition coefficient (Wildman–Crippen LogP) is 3.88. The molecule has 0 atom stereocenters. The fraction of sp³-hybridized carbons (Fsp3) is 0.333. The van der Waals surface area contributed by atoms with E-state index in [2.05, 4.69) is 27.8 Å². The van der Waals surface area contributed by atoms with Crippen LogP contribution < -0.4 is 14.8 Å². The summed E-state index contributed by atoms with van der Waals surface area (Å²) in [5.41, 5.74) is 1.26. The second-order valence-corrected chi connectivity index (χ2v) is 6.55. The number of halogens is 1. The molecule has 1 aliphatic rings. The van der Waals surface area contributed by atoms with Crippen molar-refractivity contribution in [1.29, 1.82) is 0 Å². The molecule has 0 bridgehead atoms. The van der Waals surface area contributed by atoms with Crippen LogP contribution in [0.5, 0.6) is 11.5 Å². The van der Waals surface area contributed by atoms with Crippen molar-refractivity contribution < 1.29 is 14.3 Å². The Balaban J connectivity index is 2.35. The van der Waals surface area contributed by atoms with Crippen molar-refractivity contribution in [3.8, 4) is 11.5 Å². The summed E-state index contributed by atoms with van der Waals surface area (Å²) in [6.07, 6.45) is 4.27. The number of rotatable bonds is 8. The number of nitrogens with one attached hydrogen (secondary N) is 1. The highest BCUT2D eigenvalue weighted by atomic mass is 79.9. The molecular formula is C18H21BrN2O3S. The van der Waals surface area contributed by atoms with Crippen LogP contribution in [0.3, 0.4) is 0 Å². The van der Waals surface area contributed by atoms with Crippen molar-refractivity contribution in [1.82, 2.24) is 10.2 Å². The smallest absolute Gasteiger partial charge is 0.276 e. The fourth-order valence-corrected chi connectivity index (χ4v) is 3.24. The Labute approximate surface area is 161 Å². The van der Waals surface area contributed by atoms with E-state index in [-0.39, 0.29) is 5.91 Å². The fourth-order valence-electron chi connectivity index (χ4n) is 2.38. The molecule has 5 nitrogen and oxygen atoms in total. The van der Waals surface area contributed by atoms with E-state index in [0.29, 0.717) is 42.1 Å².